The molecule has 1 heterocycles. The second-order valence-electron chi connectivity index (χ2n) is 6.81. The zero-order chi connectivity index (χ0) is 19.2. The van der Waals surface area contributed by atoms with Gasteiger partial charge in [0.2, 0.25) is 5.88 Å². The van der Waals surface area contributed by atoms with Gasteiger partial charge in [-0.05, 0) is 72.6 Å². The van der Waals surface area contributed by atoms with Gasteiger partial charge in [-0.15, -0.1) is 0 Å². The summed E-state index contributed by atoms with van der Waals surface area (Å²) in [5.74, 6) is 0.691. The lowest BCUT2D eigenvalue weighted by molar-refractivity contribution is -0.136. The van der Waals surface area contributed by atoms with E-state index in [9.17, 15) is 4.79 Å². The van der Waals surface area contributed by atoms with Crippen LogP contribution >= 0.6 is 0 Å². The summed E-state index contributed by atoms with van der Waals surface area (Å²) in [7, 11) is 1.62. The third-order valence-corrected chi connectivity index (χ3v) is 4.89. The van der Waals surface area contributed by atoms with Crippen LogP contribution in [0.1, 0.15) is 42.4 Å². The number of ether oxygens (including phenoxy) is 2. The Kier molecular flexibility index (Phi) is 6.12. The Balaban J connectivity index is 1.68. The fraction of sp³-hybridized carbons (Fsp3) is 0.364. The van der Waals surface area contributed by atoms with Gasteiger partial charge < -0.3 is 14.6 Å². The van der Waals surface area contributed by atoms with Crippen LogP contribution < -0.4 is 9.47 Å². The molecule has 0 bridgehead atoms. The topological polar surface area (TPSA) is 68.7 Å². The molecule has 1 aromatic heterocycles. The van der Waals surface area contributed by atoms with Gasteiger partial charge in [-0.25, -0.2) is 4.98 Å². The number of benzene rings is 1. The molecule has 1 N–H and O–H groups in total. The number of carboxylic acid groups (broad SMARTS) is 1. The first-order chi connectivity index (χ1) is 13.1. The van der Waals surface area contributed by atoms with Gasteiger partial charge in [-0.1, -0.05) is 12.1 Å². The largest absolute Gasteiger partial charge is 0.489 e. The van der Waals surface area contributed by atoms with Crippen molar-refractivity contribution in [1.82, 2.24) is 4.98 Å². The SMILES string of the molecule is COc1ccc(C2=C(COc3ccc(CCC(=O)O)cc3C)CCC2)cn1. The number of pyridine rings is 1. The summed E-state index contributed by atoms with van der Waals surface area (Å²) in [6.45, 7) is 2.56. The molecule has 0 saturated carbocycles. The van der Waals surface area contributed by atoms with Crippen molar-refractivity contribution in [3.05, 3.63) is 58.8 Å². The average molecular weight is 367 g/mol. The van der Waals surface area contributed by atoms with Gasteiger partial charge in [-0.3, -0.25) is 4.79 Å². The first-order valence-corrected chi connectivity index (χ1v) is 9.22. The Hall–Kier alpha value is -2.82. The maximum absolute atomic E-state index is 10.7. The van der Waals surface area contributed by atoms with Crippen LogP contribution in [-0.4, -0.2) is 29.8 Å². The molecule has 0 saturated heterocycles. The van der Waals surface area contributed by atoms with E-state index in [1.54, 1.807) is 7.11 Å². The number of nitrogens with zero attached hydrogens (tertiary/aromatic N) is 1. The monoisotopic (exact) mass is 367 g/mol. The number of aryl methyl sites for hydroxylation is 2. The smallest absolute Gasteiger partial charge is 0.303 e. The van der Waals surface area contributed by atoms with Gasteiger partial charge in [0.25, 0.3) is 0 Å². The Morgan fingerprint density at radius 2 is 2.07 bits per heavy atom. The summed E-state index contributed by atoms with van der Waals surface area (Å²) >= 11 is 0. The van der Waals surface area contributed by atoms with Crippen molar-refractivity contribution in [2.24, 2.45) is 0 Å². The first kappa shape index (κ1) is 19.0. The van der Waals surface area contributed by atoms with Crippen LogP contribution in [0.2, 0.25) is 0 Å². The number of carboxylic acids is 1. The number of allylic oxidation sites excluding steroid dienone is 1. The van der Waals surface area contributed by atoms with Crippen molar-refractivity contribution in [2.45, 2.75) is 39.0 Å². The Bertz CT molecular complexity index is 840. The minimum absolute atomic E-state index is 0.145. The number of aliphatic carboxylic acids is 1. The maximum Gasteiger partial charge on any atom is 0.303 e. The van der Waals surface area contributed by atoms with Crippen LogP contribution in [0, 0.1) is 6.92 Å². The van der Waals surface area contributed by atoms with Crippen molar-refractivity contribution in [2.75, 3.05) is 13.7 Å². The maximum atomic E-state index is 10.7. The summed E-state index contributed by atoms with van der Waals surface area (Å²) < 4.78 is 11.2. The molecule has 2 aromatic rings. The molecule has 1 aliphatic carbocycles. The van der Waals surface area contributed by atoms with Crippen LogP contribution in [0.5, 0.6) is 11.6 Å². The van der Waals surface area contributed by atoms with Crippen molar-refractivity contribution in [3.8, 4) is 11.6 Å². The summed E-state index contributed by atoms with van der Waals surface area (Å²) in [4.78, 5) is 15.0. The lowest BCUT2D eigenvalue weighted by Crippen LogP contribution is -2.03. The van der Waals surface area contributed by atoms with Crippen LogP contribution in [0.25, 0.3) is 5.57 Å². The first-order valence-electron chi connectivity index (χ1n) is 9.22. The normalized spacial score (nSPS) is 13.7. The molecule has 3 rings (SSSR count). The van der Waals surface area contributed by atoms with E-state index in [0.29, 0.717) is 18.9 Å². The molecule has 1 aliphatic rings. The minimum atomic E-state index is -0.776. The van der Waals surface area contributed by atoms with E-state index < -0.39 is 5.97 Å². The number of hydrogen-bond donors (Lipinski definition) is 1. The minimum Gasteiger partial charge on any atom is -0.489 e. The van der Waals surface area contributed by atoms with Gasteiger partial charge in [-0.2, -0.15) is 0 Å². The van der Waals surface area contributed by atoms with Crippen LogP contribution in [0.3, 0.4) is 0 Å². The van der Waals surface area contributed by atoms with Crippen molar-refractivity contribution in [3.63, 3.8) is 0 Å². The summed E-state index contributed by atoms with van der Waals surface area (Å²) in [6, 6.07) is 9.84. The molecule has 0 fully saturated rings. The molecule has 5 nitrogen and oxygen atoms in total. The highest BCUT2D eigenvalue weighted by atomic mass is 16.5. The highest BCUT2D eigenvalue weighted by molar-refractivity contribution is 5.70. The van der Waals surface area contributed by atoms with Gasteiger partial charge in [0.1, 0.15) is 12.4 Å². The highest BCUT2D eigenvalue weighted by Crippen LogP contribution is 2.34. The number of hydrogen-bond acceptors (Lipinski definition) is 4. The predicted molar refractivity (Wildman–Crippen MR) is 104 cm³/mol. The fourth-order valence-corrected chi connectivity index (χ4v) is 3.44. The average Bonchev–Trinajstić information content (AvgIpc) is 3.14. The molecule has 0 atom stereocenters. The van der Waals surface area contributed by atoms with E-state index in [4.69, 9.17) is 14.6 Å². The van der Waals surface area contributed by atoms with Gasteiger partial charge in [0.05, 0.1) is 7.11 Å². The molecule has 0 spiro atoms. The number of carbonyl (C=O) groups is 1. The molecule has 0 radical (unpaired) electrons. The third kappa shape index (κ3) is 4.88. The zero-order valence-corrected chi connectivity index (χ0v) is 15.8. The van der Waals surface area contributed by atoms with Crippen LogP contribution in [-0.2, 0) is 11.2 Å². The summed E-state index contributed by atoms with van der Waals surface area (Å²) in [5, 5.41) is 8.81. The Labute approximate surface area is 159 Å². The molecule has 27 heavy (non-hydrogen) atoms. The van der Waals surface area contributed by atoms with Crippen molar-refractivity contribution in [1.29, 1.82) is 0 Å². The van der Waals surface area contributed by atoms with Gasteiger partial charge in [0.15, 0.2) is 0 Å². The molecule has 0 unspecified atom stereocenters. The van der Waals surface area contributed by atoms with Crippen molar-refractivity contribution >= 4 is 11.5 Å². The van der Waals surface area contributed by atoms with E-state index in [1.165, 1.54) is 11.1 Å². The van der Waals surface area contributed by atoms with E-state index in [-0.39, 0.29) is 6.42 Å². The Morgan fingerprint density at radius 3 is 2.74 bits per heavy atom. The lowest BCUT2D eigenvalue weighted by atomic mass is 10.0. The zero-order valence-electron chi connectivity index (χ0n) is 15.8. The third-order valence-electron chi connectivity index (χ3n) is 4.89. The molecule has 0 amide bonds. The molecule has 0 aliphatic heterocycles. The molecule has 1 aromatic carbocycles. The fourth-order valence-electron chi connectivity index (χ4n) is 3.44. The second kappa shape index (κ2) is 8.71. The van der Waals surface area contributed by atoms with E-state index in [0.717, 1.165) is 41.7 Å². The molecule has 5 heteroatoms. The quantitative estimate of drug-likeness (QED) is 0.747. The molecule has 142 valence electrons. The number of aromatic nitrogens is 1. The summed E-state index contributed by atoms with van der Waals surface area (Å²) in [6.07, 6.45) is 5.76. The number of methoxy groups -OCH3 is 1. The highest BCUT2D eigenvalue weighted by Gasteiger charge is 2.17. The second-order valence-corrected chi connectivity index (χ2v) is 6.81. The van der Waals surface area contributed by atoms with E-state index >= 15 is 0 Å². The van der Waals surface area contributed by atoms with E-state index in [2.05, 4.69) is 11.1 Å². The standard InChI is InChI=1S/C22H25NO4/c1-15-12-16(7-11-22(24)25)6-9-20(15)27-14-18-4-3-5-19(18)17-8-10-21(26-2)23-13-17/h6,8-10,12-13H,3-5,7,11,14H2,1-2H3,(H,24,25). The lowest BCUT2D eigenvalue weighted by Gasteiger charge is -2.13. The molecular formula is C22H25NO4. The Morgan fingerprint density at radius 1 is 1.22 bits per heavy atom. The summed E-state index contributed by atoms with van der Waals surface area (Å²) in [5.41, 5.74) is 5.82. The van der Waals surface area contributed by atoms with Crippen LogP contribution in [0.4, 0.5) is 0 Å². The molecular weight excluding hydrogens is 342 g/mol. The van der Waals surface area contributed by atoms with Gasteiger partial charge in [0, 0.05) is 18.7 Å². The van der Waals surface area contributed by atoms with Gasteiger partial charge >= 0.3 is 5.97 Å². The number of rotatable bonds is 8. The van der Waals surface area contributed by atoms with Crippen LogP contribution in [0.15, 0.2) is 42.1 Å². The van der Waals surface area contributed by atoms with Crippen molar-refractivity contribution < 1.29 is 19.4 Å². The van der Waals surface area contributed by atoms with E-state index in [1.807, 2.05) is 37.4 Å². The predicted octanol–water partition coefficient (Wildman–Crippen LogP) is 4.43.